The highest BCUT2D eigenvalue weighted by molar-refractivity contribution is 8.00. The summed E-state index contributed by atoms with van der Waals surface area (Å²) in [6.45, 7) is 0.215. The van der Waals surface area contributed by atoms with Crippen molar-refractivity contribution in [1.82, 2.24) is 14.5 Å². The van der Waals surface area contributed by atoms with Gasteiger partial charge in [-0.1, -0.05) is 0 Å². The van der Waals surface area contributed by atoms with E-state index in [9.17, 15) is 13.2 Å². The number of H-pyrrole nitrogens is 1. The number of rotatable bonds is 3. The molecule has 2 aromatic heterocycles. The third kappa shape index (κ3) is 3.01. The Morgan fingerprint density at radius 1 is 1.47 bits per heavy atom. The highest BCUT2D eigenvalue weighted by Crippen LogP contribution is 2.30. The lowest BCUT2D eigenvalue weighted by atomic mass is 10.4. The van der Waals surface area contributed by atoms with Gasteiger partial charge in [-0.25, -0.2) is 0 Å². The summed E-state index contributed by atoms with van der Waals surface area (Å²) in [5.74, 6) is -0.0624. The van der Waals surface area contributed by atoms with Crippen molar-refractivity contribution in [2.24, 2.45) is 0 Å². The van der Waals surface area contributed by atoms with E-state index in [0.717, 1.165) is 11.0 Å². The monoisotopic (exact) mass is 279 g/mol. The van der Waals surface area contributed by atoms with Gasteiger partial charge in [0.05, 0.1) is 17.2 Å². The summed E-state index contributed by atoms with van der Waals surface area (Å²) in [5.41, 5.74) is -2.70. The van der Waals surface area contributed by atoms with Crippen LogP contribution < -0.4 is 0 Å². The molecular formula is C9H8F3N3S2. The van der Waals surface area contributed by atoms with Gasteiger partial charge in [-0.2, -0.15) is 13.2 Å². The summed E-state index contributed by atoms with van der Waals surface area (Å²) >= 11 is 5.00. The second-order valence-corrected chi connectivity index (χ2v) is 4.82. The molecule has 0 fully saturated rings. The number of aromatic nitrogens is 3. The molecule has 92 valence electrons. The standard InChI is InChI=1S/C9H8F3N3S2/c10-9(11,12)17-4-3-15-7-1-2-13-5-6(7)14-8(15)16/h1-2,5H,3-4H2,(H,14,16). The minimum Gasteiger partial charge on any atom is -0.329 e. The summed E-state index contributed by atoms with van der Waals surface area (Å²) in [5, 5.41) is 0. The van der Waals surface area contributed by atoms with Crippen LogP contribution in [0.2, 0.25) is 0 Å². The van der Waals surface area contributed by atoms with Gasteiger partial charge in [0.1, 0.15) is 0 Å². The van der Waals surface area contributed by atoms with Crippen molar-refractivity contribution in [3.63, 3.8) is 0 Å². The molecule has 2 rings (SSSR count). The fraction of sp³-hybridized carbons (Fsp3) is 0.333. The smallest absolute Gasteiger partial charge is 0.329 e. The number of aromatic amines is 1. The van der Waals surface area contributed by atoms with Gasteiger partial charge >= 0.3 is 5.51 Å². The van der Waals surface area contributed by atoms with E-state index in [4.69, 9.17) is 12.2 Å². The van der Waals surface area contributed by atoms with Crippen molar-refractivity contribution in [3.8, 4) is 0 Å². The van der Waals surface area contributed by atoms with Crippen molar-refractivity contribution in [2.45, 2.75) is 12.1 Å². The molecule has 8 heteroatoms. The summed E-state index contributed by atoms with van der Waals surface area (Å²) in [4.78, 5) is 6.81. The van der Waals surface area contributed by atoms with Gasteiger partial charge in [0.2, 0.25) is 0 Å². The Balaban J connectivity index is 2.19. The van der Waals surface area contributed by atoms with Crippen LogP contribution in [0.25, 0.3) is 11.0 Å². The topological polar surface area (TPSA) is 33.6 Å². The zero-order chi connectivity index (χ0) is 12.5. The third-order valence-electron chi connectivity index (χ3n) is 2.16. The molecule has 0 bridgehead atoms. The van der Waals surface area contributed by atoms with Crippen LogP contribution in [0.15, 0.2) is 18.5 Å². The molecule has 0 saturated carbocycles. The van der Waals surface area contributed by atoms with Crippen LogP contribution in [0.3, 0.4) is 0 Å². The van der Waals surface area contributed by atoms with Crippen LogP contribution in [0, 0.1) is 4.77 Å². The number of pyridine rings is 1. The molecule has 17 heavy (non-hydrogen) atoms. The predicted molar refractivity (Wildman–Crippen MR) is 63.4 cm³/mol. The first-order valence-corrected chi connectivity index (χ1v) is 6.10. The number of fused-ring (bicyclic) bond motifs is 1. The highest BCUT2D eigenvalue weighted by atomic mass is 32.2. The van der Waals surface area contributed by atoms with Crippen molar-refractivity contribution in [3.05, 3.63) is 23.2 Å². The van der Waals surface area contributed by atoms with Crippen LogP contribution in [0.4, 0.5) is 13.2 Å². The summed E-state index contributed by atoms with van der Waals surface area (Å²) in [6.07, 6.45) is 3.18. The van der Waals surface area contributed by atoms with Crippen LogP contribution in [0.5, 0.6) is 0 Å². The normalized spacial score (nSPS) is 12.2. The molecule has 0 spiro atoms. The van der Waals surface area contributed by atoms with Gasteiger partial charge in [0.25, 0.3) is 0 Å². The number of thioether (sulfide) groups is 1. The molecule has 0 aliphatic heterocycles. The number of nitrogens with zero attached hydrogens (tertiary/aromatic N) is 2. The van der Waals surface area contributed by atoms with Crippen LogP contribution in [-0.4, -0.2) is 25.8 Å². The highest BCUT2D eigenvalue weighted by Gasteiger charge is 2.27. The van der Waals surface area contributed by atoms with E-state index in [1.165, 1.54) is 0 Å². The Kier molecular flexibility index (Phi) is 3.43. The molecular weight excluding hydrogens is 271 g/mol. The van der Waals surface area contributed by atoms with Crippen LogP contribution in [0.1, 0.15) is 0 Å². The zero-order valence-corrected chi connectivity index (χ0v) is 10.1. The number of nitrogens with one attached hydrogen (secondary N) is 1. The van der Waals surface area contributed by atoms with Gasteiger partial charge < -0.3 is 9.55 Å². The van der Waals surface area contributed by atoms with E-state index in [2.05, 4.69) is 9.97 Å². The fourth-order valence-corrected chi connectivity index (χ4v) is 2.29. The van der Waals surface area contributed by atoms with Gasteiger partial charge in [0, 0.05) is 18.5 Å². The van der Waals surface area contributed by atoms with Gasteiger partial charge in [-0.05, 0) is 30.0 Å². The van der Waals surface area contributed by atoms with E-state index in [1.807, 2.05) is 0 Å². The van der Waals surface area contributed by atoms with Gasteiger partial charge in [-0.15, -0.1) is 0 Å². The van der Waals surface area contributed by atoms with Gasteiger partial charge in [-0.3, -0.25) is 4.98 Å². The lowest BCUT2D eigenvalue weighted by Gasteiger charge is -2.06. The first-order valence-electron chi connectivity index (χ1n) is 4.70. The van der Waals surface area contributed by atoms with Crippen molar-refractivity contribution in [1.29, 1.82) is 0 Å². The maximum Gasteiger partial charge on any atom is 0.441 e. The number of imidazole rings is 1. The van der Waals surface area contributed by atoms with E-state index in [1.54, 1.807) is 23.0 Å². The molecule has 0 atom stereocenters. The Bertz CT molecular complexity index is 573. The average molecular weight is 279 g/mol. The maximum absolute atomic E-state index is 12.0. The minimum atomic E-state index is -4.20. The predicted octanol–water partition coefficient (Wildman–Crippen LogP) is 3.35. The lowest BCUT2D eigenvalue weighted by molar-refractivity contribution is -0.0328. The molecule has 0 unspecified atom stereocenters. The molecule has 0 aliphatic carbocycles. The number of aryl methyl sites for hydroxylation is 1. The minimum absolute atomic E-state index is 0.0476. The van der Waals surface area contributed by atoms with E-state index < -0.39 is 5.51 Å². The number of alkyl halides is 3. The zero-order valence-electron chi connectivity index (χ0n) is 8.49. The molecule has 0 saturated heterocycles. The molecule has 0 aromatic carbocycles. The fourth-order valence-electron chi connectivity index (χ4n) is 1.49. The Hall–Kier alpha value is -1.02. The molecule has 3 nitrogen and oxygen atoms in total. The van der Waals surface area contributed by atoms with Crippen molar-refractivity contribution < 1.29 is 13.2 Å². The lowest BCUT2D eigenvalue weighted by Crippen LogP contribution is -2.06. The van der Waals surface area contributed by atoms with Crippen LogP contribution in [-0.2, 0) is 6.54 Å². The molecule has 1 N–H and O–H groups in total. The van der Waals surface area contributed by atoms with Gasteiger partial charge in [0.15, 0.2) is 4.77 Å². The number of hydrogen-bond donors (Lipinski definition) is 1. The van der Waals surface area contributed by atoms with Crippen molar-refractivity contribution in [2.75, 3.05) is 5.75 Å². The molecule has 0 aliphatic rings. The molecule has 2 aromatic rings. The summed E-state index contributed by atoms with van der Waals surface area (Å²) < 4.78 is 38.1. The van der Waals surface area contributed by atoms with E-state index in [-0.39, 0.29) is 24.1 Å². The van der Waals surface area contributed by atoms with Crippen LogP contribution >= 0.6 is 24.0 Å². The first-order chi connectivity index (χ1) is 7.97. The molecule has 0 amide bonds. The molecule has 2 heterocycles. The average Bonchev–Trinajstić information content (AvgIpc) is 2.54. The van der Waals surface area contributed by atoms with Crippen molar-refractivity contribution >= 4 is 35.0 Å². The first kappa shape index (κ1) is 12.4. The Morgan fingerprint density at radius 2 is 2.24 bits per heavy atom. The quantitative estimate of drug-likeness (QED) is 0.875. The maximum atomic E-state index is 12.0. The number of halogens is 3. The second kappa shape index (κ2) is 4.69. The third-order valence-corrected chi connectivity index (χ3v) is 3.19. The van der Waals surface area contributed by atoms with E-state index >= 15 is 0 Å². The largest absolute Gasteiger partial charge is 0.441 e. The number of hydrogen-bond acceptors (Lipinski definition) is 3. The molecule has 0 radical (unpaired) electrons. The Morgan fingerprint density at radius 3 is 2.94 bits per heavy atom. The summed E-state index contributed by atoms with van der Waals surface area (Å²) in [7, 11) is 0. The van der Waals surface area contributed by atoms with E-state index in [0.29, 0.717) is 4.77 Å². The summed E-state index contributed by atoms with van der Waals surface area (Å²) in [6, 6.07) is 1.72. The second-order valence-electron chi connectivity index (χ2n) is 3.27. The Labute approximate surface area is 104 Å². The SMILES string of the molecule is FC(F)(F)SCCn1c(=S)[nH]c2cnccc21.